The van der Waals surface area contributed by atoms with E-state index in [1.807, 2.05) is 0 Å². The number of aromatic nitrogens is 3. The lowest BCUT2D eigenvalue weighted by Crippen LogP contribution is -2.41. The quantitative estimate of drug-likeness (QED) is 0.0237. The number of carbonyl (C=O) groups excluding carboxylic acids is 2. The minimum absolute atomic E-state index is 0.0159. The Hall–Kier alpha value is -5.22. The van der Waals surface area contributed by atoms with Gasteiger partial charge in [-0.05, 0) is 60.3 Å². The highest BCUT2D eigenvalue weighted by atomic mass is 32.2. The number of hydrogen-bond donors (Lipinski definition) is 1. The molecular formula is C39H45N5O9S2. The molecule has 3 aromatic carbocycles. The Morgan fingerprint density at radius 2 is 1.75 bits per heavy atom. The Morgan fingerprint density at radius 1 is 1.00 bits per heavy atom. The van der Waals surface area contributed by atoms with E-state index in [0.29, 0.717) is 43.3 Å². The Bertz CT molecular complexity index is 1980. The van der Waals surface area contributed by atoms with Crippen LogP contribution in [-0.4, -0.2) is 91.1 Å². The molecule has 4 aromatic rings. The topological polar surface area (TPSA) is 168 Å². The maximum Gasteiger partial charge on any atom is 0.286 e. The van der Waals surface area contributed by atoms with Gasteiger partial charge in [-0.1, -0.05) is 43.3 Å². The average molecular weight is 792 g/mol. The standard InChI is InChI=1S/C39H45N5O9S2/c1-5-54-39(55-6-2)30-12-9-19-43(30)38(47)29-22-36(51-4)37(23-31(29)44(48)49)53-25-27-24-42(41-40-27)18-10-20-52-34-17-15-26(21-35(34)50-3)14-16-33(46)28-11-7-8-13-32(28)45/h7-8,11,13-17,21-24,30,39,45H,5-6,9-10,12,18-20,25H2,1-4H3/b16-14+/t30-/m0/s1. The van der Waals surface area contributed by atoms with Crippen LogP contribution in [0.25, 0.3) is 6.08 Å². The zero-order valence-corrected chi connectivity index (χ0v) is 32.8. The van der Waals surface area contributed by atoms with Crippen molar-refractivity contribution in [3.05, 3.63) is 99.4 Å². The number of thioether (sulfide) groups is 2. The number of para-hydroxylation sites is 1. The summed E-state index contributed by atoms with van der Waals surface area (Å²) >= 11 is 3.60. The van der Waals surface area contributed by atoms with Gasteiger partial charge in [0.25, 0.3) is 11.6 Å². The molecule has 16 heteroatoms. The maximum atomic E-state index is 13.8. The van der Waals surface area contributed by atoms with Crippen LogP contribution in [0.4, 0.5) is 5.69 Å². The van der Waals surface area contributed by atoms with Crippen LogP contribution in [0.1, 0.15) is 65.1 Å². The maximum absolute atomic E-state index is 13.8. The number of nitro benzene ring substituents is 1. The monoisotopic (exact) mass is 791 g/mol. The minimum Gasteiger partial charge on any atom is -0.507 e. The Labute approximate surface area is 328 Å². The molecule has 1 N–H and O–H groups in total. The van der Waals surface area contributed by atoms with Gasteiger partial charge in [0.2, 0.25) is 0 Å². The summed E-state index contributed by atoms with van der Waals surface area (Å²) in [5.41, 5.74) is 1.05. The van der Waals surface area contributed by atoms with Crippen LogP contribution in [0.5, 0.6) is 28.7 Å². The summed E-state index contributed by atoms with van der Waals surface area (Å²) < 4.78 is 24.7. The van der Waals surface area contributed by atoms with Crippen molar-refractivity contribution in [3.8, 4) is 28.7 Å². The van der Waals surface area contributed by atoms with E-state index < -0.39 is 4.92 Å². The molecule has 2 heterocycles. The van der Waals surface area contributed by atoms with Crippen molar-refractivity contribution >= 4 is 47.0 Å². The highest BCUT2D eigenvalue weighted by molar-refractivity contribution is 8.17. The van der Waals surface area contributed by atoms with Gasteiger partial charge in [0.15, 0.2) is 28.8 Å². The van der Waals surface area contributed by atoms with E-state index in [-0.39, 0.29) is 63.0 Å². The lowest BCUT2D eigenvalue weighted by molar-refractivity contribution is -0.385. The number of nitro groups is 1. The van der Waals surface area contributed by atoms with E-state index in [4.69, 9.17) is 18.9 Å². The van der Waals surface area contributed by atoms with Crippen molar-refractivity contribution in [2.75, 3.05) is 38.9 Å². The average Bonchev–Trinajstić information content (AvgIpc) is 3.87. The van der Waals surface area contributed by atoms with Crippen LogP contribution in [0, 0.1) is 10.1 Å². The number of ketones is 1. The molecule has 0 aliphatic carbocycles. The third-order valence-corrected chi connectivity index (χ3v) is 11.5. The van der Waals surface area contributed by atoms with Crippen molar-refractivity contribution in [1.29, 1.82) is 0 Å². The molecule has 1 atom stereocenters. The van der Waals surface area contributed by atoms with E-state index in [1.165, 1.54) is 38.5 Å². The van der Waals surface area contributed by atoms with Gasteiger partial charge in [0.05, 0.1) is 54.2 Å². The number of phenols is 1. The van der Waals surface area contributed by atoms with Crippen molar-refractivity contribution in [3.63, 3.8) is 0 Å². The fourth-order valence-corrected chi connectivity index (χ4v) is 9.02. The Kier molecular flexibility index (Phi) is 14.8. The number of allylic oxidation sites excluding steroid dienone is 1. The molecule has 1 aliphatic heterocycles. The molecule has 1 aliphatic rings. The lowest BCUT2D eigenvalue weighted by atomic mass is 10.1. The zero-order valence-electron chi connectivity index (χ0n) is 31.2. The fourth-order valence-electron chi connectivity index (χ4n) is 6.15. The number of aromatic hydroxyl groups is 1. The smallest absolute Gasteiger partial charge is 0.286 e. The summed E-state index contributed by atoms with van der Waals surface area (Å²) in [6.07, 6.45) is 7.03. The predicted molar refractivity (Wildman–Crippen MR) is 213 cm³/mol. The van der Waals surface area contributed by atoms with Gasteiger partial charge in [-0.25, -0.2) is 0 Å². The highest BCUT2D eigenvalue weighted by Gasteiger charge is 2.38. The zero-order chi connectivity index (χ0) is 39.3. The summed E-state index contributed by atoms with van der Waals surface area (Å²) in [5, 5.41) is 30.5. The number of nitrogens with zero attached hydrogens (tertiary/aromatic N) is 5. The number of benzene rings is 3. The summed E-state index contributed by atoms with van der Waals surface area (Å²) in [5.74, 6) is 2.40. The van der Waals surface area contributed by atoms with Gasteiger partial charge in [-0.15, -0.1) is 28.6 Å². The third-order valence-electron chi connectivity index (χ3n) is 8.78. The molecule has 0 spiro atoms. The summed E-state index contributed by atoms with van der Waals surface area (Å²) in [4.78, 5) is 39.8. The lowest BCUT2D eigenvalue weighted by Gasteiger charge is -2.31. The molecule has 292 valence electrons. The van der Waals surface area contributed by atoms with Crippen LogP contribution in [0.3, 0.4) is 0 Å². The van der Waals surface area contributed by atoms with Crippen LogP contribution in [0.15, 0.2) is 66.9 Å². The minimum atomic E-state index is -0.564. The van der Waals surface area contributed by atoms with Gasteiger partial charge in [-0.3, -0.25) is 24.4 Å². The molecule has 14 nitrogen and oxygen atoms in total. The van der Waals surface area contributed by atoms with E-state index in [9.17, 15) is 24.8 Å². The van der Waals surface area contributed by atoms with Crippen LogP contribution in [0.2, 0.25) is 0 Å². The fraction of sp³-hybridized carbons (Fsp3) is 0.385. The summed E-state index contributed by atoms with van der Waals surface area (Å²) in [7, 11) is 2.96. The number of likely N-dealkylation sites (tertiary alicyclic amines) is 1. The second-order valence-electron chi connectivity index (χ2n) is 12.4. The van der Waals surface area contributed by atoms with Gasteiger partial charge >= 0.3 is 0 Å². The molecule has 55 heavy (non-hydrogen) atoms. The number of carbonyl (C=O) groups is 2. The molecule has 1 amide bonds. The number of methoxy groups -OCH3 is 2. The van der Waals surface area contributed by atoms with Gasteiger partial charge < -0.3 is 29.0 Å². The van der Waals surface area contributed by atoms with Gasteiger partial charge in [0, 0.05) is 25.6 Å². The SMILES string of the molecule is CCSC(SCC)[C@@H]1CCCN1C(=O)c1cc(OC)c(OCc2cn(CCCOc3ccc(/C=C/C(=O)c4ccccc4O)cc3OC)nn2)cc1[N+](=O)[O-]. The van der Waals surface area contributed by atoms with Crippen LogP contribution >= 0.6 is 23.5 Å². The summed E-state index contributed by atoms with van der Waals surface area (Å²) in [6, 6.07) is 14.3. The van der Waals surface area contributed by atoms with Crippen LogP contribution in [-0.2, 0) is 13.2 Å². The molecule has 1 aromatic heterocycles. The molecule has 5 rings (SSSR count). The van der Waals surface area contributed by atoms with E-state index in [1.54, 1.807) is 81.8 Å². The Balaban J connectivity index is 1.16. The molecule has 1 fully saturated rings. The first-order chi connectivity index (χ1) is 26.7. The molecule has 1 saturated heterocycles. The Morgan fingerprint density at radius 3 is 2.45 bits per heavy atom. The van der Waals surface area contributed by atoms with Crippen molar-refractivity contribution in [2.45, 2.75) is 56.9 Å². The van der Waals surface area contributed by atoms with E-state index in [2.05, 4.69) is 24.2 Å². The summed E-state index contributed by atoms with van der Waals surface area (Å²) in [6.45, 7) is 5.53. The van der Waals surface area contributed by atoms with Crippen LogP contribution < -0.4 is 18.9 Å². The third kappa shape index (κ3) is 10.5. The second-order valence-corrected chi connectivity index (χ2v) is 15.5. The second kappa shape index (κ2) is 19.9. The highest BCUT2D eigenvalue weighted by Crippen LogP contribution is 2.39. The first kappa shape index (κ1) is 41.0. The number of ether oxygens (including phenoxy) is 4. The van der Waals surface area contributed by atoms with Gasteiger partial charge in [-0.2, -0.15) is 0 Å². The molecular weight excluding hydrogens is 747 g/mol. The van der Waals surface area contributed by atoms with Crippen molar-refractivity contribution in [2.24, 2.45) is 0 Å². The number of amides is 1. The largest absolute Gasteiger partial charge is 0.507 e. The first-order valence-electron chi connectivity index (χ1n) is 17.9. The molecule has 0 radical (unpaired) electrons. The van der Waals surface area contributed by atoms with E-state index in [0.717, 1.165) is 29.9 Å². The molecule has 0 bridgehead atoms. The predicted octanol–water partition coefficient (Wildman–Crippen LogP) is 7.29. The molecule has 0 unspecified atom stereocenters. The van der Waals surface area contributed by atoms with Crippen molar-refractivity contribution in [1.82, 2.24) is 19.9 Å². The molecule has 0 saturated carbocycles. The van der Waals surface area contributed by atoms with E-state index >= 15 is 0 Å². The normalized spacial score (nSPS) is 14.1. The first-order valence-corrected chi connectivity index (χ1v) is 20.0. The number of phenolic OH excluding ortho intramolecular Hbond substituents is 1. The number of aryl methyl sites for hydroxylation is 1. The number of hydrogen-bond acceptors (Lipinski definition) is 13. The van der Waals surface area contributed by atoms with Gasteiger partial charge in [0.1, 0.15) is 23.6 Å². The number of rotatable bonds is 20. The van der Waals surface area contributed by atoms with Crippen molar-refractivity contribution < 1.29 is 38.6 Å².